The first-order valence-electron chi connectivity index (χ1n) is 8.28. The number of ether oxygens (including phenoxy) is 3. The van der Waals surface area contributed by atoms with Crippen LogP contribution in [0.1, 0.15) is 31.9 Å². The molecule has 4 atom stereocenters. The molecule has 3 fully saturated rings. The Hall–Kier alpha value is -2.00. The number of hydrogen-bond acceptors (Lipinski definition) is 7. The van der Waals surface area contributed by atoms with Gasteiger partial charge in [0.15, 0.2) is 23.2 Å². The topological polar surface area (TPSA) is 101 Å². The number of imidazole rings is 1. The number of anilines is 1. The van der Waals surface area contributed by atoms with Gasteiger partial charge < -0.3 is 19.9 Å². The van der Waals surface area contributed by atoms with Crippen molar-refractivity contribution in [3.63, 3.8) is 0 Å². The van der Waals surface area contributed by atoms with E-state index in [2.05, 4.69) is 15.0 Å². The summed E-state index contributed by atoms with van der Waals surface area (Å²) in [6.45, 7) is -0.572. The third-order valence-corrected chi connectivity index (χ3v) is 4.95. The molecule has 0 aromatic carbocycles. The largest absolute Gasteiger partial charge is 0.460 e. The lowest BCUT2D eigenvalue weighted by molar-refractivity contribution is -0.0721. The van der Waals surface area contributed by atoms with Gasteiger partial charge in [-0.1, -0.05) is 0 Å². The van der Waals surface area contributed by atoms with Gasteiger partial charge in [0.2, 0.25) is 0 Å². The number of nitrogens with zero attached hydrogens (tertiary/aromatic N) is 4. The van der Waals surface area contributed by atoms with Gasteiger partial charge in [-0.25, -0.2) is 9.37 Å². The number of alkyl halides is 1. The van der Waals surface area contributed by atoms with Crippen molar-refractivity contribution in [3.05, 3.63) is 6.33 Å². The van der Waals surface area contributed by atoms with Crippen molar-refractivity contribution < 1.29 is 18.6 Å². The fourth-order valence-electron chi connectivity index (χ4n) is 3.66. The summed E-state index contributed by atoms with van der Waals surface area (Å²) < 4.78 is 31.8. The third kappa shape index (κ3) is 2.15. The van der Waals surface area contributed by atoms with E-state index in [4.69, 9.17) is 19.9 Å². The summed E-state index contributed by atoms with van der Waals surface area (Å²) in [4.78, 5) is 12.9. The maximum Gasteiger partial charge on any atom is 0.320 e. The summed E-state index contributed by atoms with van der Waals surface area (Å²) in [7, 11) is 0. The van der Waals surface area contributed by atoms with Gasteiger partial charge in [0.05, 0.1) is 6.33 Å². The van der Waals surface area contributed by atoms with Crippen molar-refractivity contribution in [1.29, 1.82) is 0 Å². The van der Waals surface area contributed by atoms with E-state index >= 15 is 0 Å². The first-order chi connectivity index (χ1) is 11.7. The summed E-state index contributed by atoms with van der Waals surface area (Å²) in [6, 6.07) is 0.252. The van der Waals surface area contributed by atoms with E-state index in [1.54, 1.807) is 10.9 Å². The van der Waals surface area contributed by atoms with Gasteiger partial charge in [-0.3, -0.25) is 4.57 Å². The Morgan fingerprint density at radius 2 is 2.08 bits per heavy atom. The van der Waals surface area contributed by atoms with Gasteiger partial charge in [-0.05, 0) is 25.7 Å². The smallest absolute Gasteiger partial charge is 0.320 e. The molecule has 24 heavy (non-hydrogen) atoms. The van der Waals surface area contributed by atoms with Crippen LogP contribution in [-0.2, 0) is 9.47 Å². The lowest BCUT2D eigenvalue weighted by atomic mass is 10.2. The van der Waals surface area contributed by atoms with Crippen molar-refractivity contribution in [1.82, 2.24) is 19.5 Å². The highest BCUT2D eigenvalue weighted by molar-refractivity contribution is 5.82. The highest BCUT2D eigenvalue weighted by Gasteiger charge is 2.59. The lowest BCUT2D eigenvalue weighted by Gasteiger charge is -2.17. The maximum absolute atomic E-state index is 13.0. The Labute approximate surface area is 137 Å². The van der Waals surface area contributed by atoms with Crippen LogP contribution in [0.3, 0.4) is 0 Å². The lowest BCUT2D eigenvalue weighted by Crippen LogP contribution is -2.20. The van der Waals surface area contributed by atoms with Gasteiger partial charge in [-0.2, -0.15) is 9.97 Å². The molecule has 4 heterocycles. The first kappa shape index (κ1) is 14.4. The molecule has 9 heteroatoms. The van der Waals surface area contributed by atoms with Crippen LogP contribution in [0.15, 0.2) is 6.33 Å². The number of halogens is 1. The van der Waals surface area contributed by atoms with E-state index in [0.29, 0.717) is 11.2 Å². The molecule has 2 saturated heterocycles. The number of nitrogens with two attached hydrogens (primary N) is 1. The minimum absolute atomic E-state index is 0.132. The highest BCUT2D eigenvalue weighted by atomic mass is 19.1. The van der Waals surface area contributed by atoms with E-state index in [1.165, 1.54) is 0 Å². The fraction of sp³-hybridized carbons (Fsp3) is 0.667. The molecule has 2 N–H and O–H groups in total. The second kappa shape index (κ2) is 5.25. The number of nitrogen functional groups attached to an aromatic ring is 1. The van der Waals surface area contributed by atoms with Crippen LogP contribution in [-0.4, -0.2) is 50.6 Å². The summed E-state index contributed by atoms with van der Waals surface area (Å²) in [6.07, 6.45) is 4.68. The van der Waals surface area contributed by atoms with Crippen LogP contribution in [0, 0.1) is 0 Å². The van der Waals surface area contributed by atoms with Crippen molar-refractivity contribution >= 4 is 17.0 Å². The number of fused-ring (bicyclic) bond motifs is 2. The molecule has 0 bridgehead atoms. The zero-order chi connectivity index (χ0) is 16.3. The molecule has 8 nitrogen and oxygen atoms in total. The second-order valence-electron chi connectivity index (χ2n) is 6.52. The molecule has 2 aliphatic heterocycles. The van der Waals surface area contributed by atoms with Crippen molar-refractivity contribution in [2.75, 3.05) is 12.4 Å². The van der Waals surface area contributed by atoms with E-state index in [1.807, 2.05) is 0 Å². The molecule has 0 amide bonds. The van der Waals surface area contributed by atoms with Gasteiger partial charge in [0.1, 0.15) is 31.1 Å². The normalized spacial score (nSPS) is 32.4. The zero-order valence-corrected chi connectivity index (χ0v) is 13.0. The maximum atomic E-state index is 13.0. The van der Waals surface area contributed by atoms with Gasteiger partial charge in [-0.15, -0.1) is 0 Å². The number of aromatic nitrogens is 4. The molecule has 0 radical (unpaired) electrons. The van der Waals surface area contributed by atoms with Crippen LogP contribution in [0.4, 0.5) is 10.2 Å². The standard InChI is InChI=1S/C15H18FN5O3/c16-5-8-10-11(24-10)14(23-8)21-6-18-9-12(17)19-15(20-13(9)21)22-7-3-1-2-4-7/h6-8,10-11,14H,1-5H2,(H2,17,19,20)/t8-,10-,11+,14-/m1/s1. The van der Waals surface area contributed by atoms with Crippen LogP contribution >= 0.6 is 0 Å². The Kier molecular flexibility index (Phi) is 3.14. The van der Waals surface area contributed by atoms with Crippen molar-refractivity contribution in [2.45, 2.75) is 56.3 Å². The average Bonchev–Trinajstić information content (AvgIpc) is 2.92. The third-order valence-electron chi connectivity index (χ3n) is 4.95. The Morgan fingerprint density at radius 3 is 2.83 bits per heavy atom. The molecule has 0 spiro atoms. The number of rotatable bonds is 4. The van der Waals surface area contributed by atoms with Gasteiger partial charge >= 0.3 is 6.01 Å². The molecular weight excluding hydrogens is 317 g/mol. The van der Waals surface area contributed by atoms with E-state index in [-0.39, 0.29) is 30.1 Å². The second-order valence-corrected chi connectivity index (χ2v) is 6.52. The van der Waals surface area contributed by atoms with Crippen molar-refractivity contribution in [3.8, 4) is 6.01 Å². The Balaban J connectivity index is 1.49. The molecule has 1 saturated carbocycles. The Morgan fingerprint density at radius 1 is 1.25 bits per heavy atom. The molecular formula is C15H18FN5O3. The van der Waals surface area contributed by atoms with E-state index < -0.39 is 19.0 Å². The molecule has 5 rings (SSSR count). The van der Waals surface area contributed by atoms with Gasteiger partial charge in [0.25, 0.3) is 0 Å². The quantitative estimate of drug-likeness (QED) is 0.842. The van der Waals surface area contributed by atoms with Crippen LogP contribution in [0.5, 0.6) is 6.01 Å². The number of epoxide rings is 1. The zero-order valence-electron chi connectivity index (χ0n) is 13.0. The molecule has 2 aromatic heterocycles. The molecule has 128 valence electrons. The van der Waals surface area contributed by atoms with Crippen LogP contribution in [0.2, 0.25) is 0 Å². The molecule has 1 aliphatic carbocycles. The minimum Gasteiger partial charge on any atom is -0.460 e. The highest BCUT2D eigenvalue weighted by Crippen LogP contribution is 2.45. The summed E-state index contributed by atoms with van der Waals surface area (Å²) in [5, 5.41) is 0. The first-order valence-corrected chi connectivity index (χ1v) is 8.28. The predicted molar refractivity (Wildman–Crippen MR) is 81.2 cm³/mol. The average molecular weight is 335 g/mol. The molecule has 0 unspecified atom stereocenters. The SMILES string of the molecule is Nc1nc(OC2CCCC2)nc2c1ncn2[C@@H]1O[C@H](CF)[C@H]2O[C@@H]21. The summed E-state index contributed by atoms with van der Waals surface area (Å²) in [5.41, 5.74) is 7.01. The van der Waals surface area contributed by atoms with Crippen LogP contribution in [0.25, 0.3) is 11.2 Å². The monoisotopic (exact) mass is 335 g/mol. The molecule has 3 aliphatic rings. The summed E-state index contributed by atoms with van der Waals surface area (Å²) in [5.74, 6) is 0.264. The van der Waals surface area contributed by atoms with E-state index in [9.17, 15) is 4.39 Å². The summed E-state index contributed by atoms with van der Waals surface area (Å²) >= 11 is 0. The minimum atomic E-state index is -0.572. The fourth-order valence-corrected chi connectivity index (χ4v) is 3.66. The number of hydrogen-bond donors (Lipinski definition) is 1. The van der Waals surface area contributed by atoms with Crippen LogP contribution < -0.4 is 10.5 Å². The predicted octanol–water partition coefficient (Wildman–Crippen LogP) is 1.36. The molecule has 2 aromatic rings. The van der Waals surface area contributed by atoms with E-state index in [0.717, 1.165) is 25.7 Å². The van der Waals surface area contributed by atoms with Crippen molar-refractivity contribution in [2.24, 2.45) is 0 Å². The Bertz CT molecular complexity index is 778. The van der Waals surface area contributed by atoms with Gasteiger partial charge in [0, 0.05) is 0 Å².